The summed E-state index contributed by atoms with van der Waals surface area (Å²) in [5.74, 6) is -1.19. The maximum absolute atomic E-state index is 12.1. The van der Waals surface area contributed by atoms with Crippen LogP contribution in [-0.2, 0) is 9.53 Å². The molecule has 2 aliphatic rings. The van der Waals surface area contributed by atoms with Crippen molar-refractivity contribution in [3.05, 3.63) is 11.3 Å². The topological polar surface area (TPSA) is 93.7 Å². The van der Waals surface area contributed by atoms with Crippen LogP contribution in [0.3, 0.4) is 0 Å². The van der Waals surface area contributed by atoms with Crippen LogP contribution in [-0.4, -0.2) is 41.2 Å². The Morgan fingerprint density at radius 3 is 2.62 bits per heavy atom. The minimum absolute atomic E-state index is 0.228. The normalized spacial score (nSPS) is 25.4. The zero-order valence-electron chi connectivity index (χ0n) is 12.9. The van der Waals surface area contributed by atoms with E-state index < -0.39 is 23.2 Å². The molecule has 1 atom stereocenters. The lowest BCUT2D eigenvalue weighted by molar-refractivity contribution is -0.313. The van der Waals surface area contributed by atoms with Crippen molar-refractivity contribution in [3.8, 4) is 0 Å². The monoisotopic (exact) mass is 296 g/mol. The second-order valence-electron chi connectivity index (χ2n) is 6.41. The van der Waals surface area contributed by atoms with Crippen LogP contribution < -0.4 is 16.0 Å². The van der Waals surface area contributed by atoms with Crippen LogP contribution in [0.1, 0.15) is 40.5 Å². The number of nitrogens with one attached hydrogen (secondary N) is 2. The van der Waals surface area contributed by atoms with Gasteiger partial charge in [-0.25, -0.2) is 10.2 Å². The van der Waals surface area contributed by atoms with Crippen LogP contribution in [0.4, 0.5) is 4.79 Å². The van der Waals surface area contributed by atoms with Gasteiger partial charge in [-0.2, -0.15) is 0 Å². The van der Waals surface area contributed by atoms with E-state index in [1.54, 1.807) is 27.7 Å². The van der Waals surface area contributed by atoms with Gasteiger partial charge >= 0.3 is 6.09 Å². The molecule has 0 bridgehead atoms. The maximum Gasteiger partial charge on any atom is 0.410 e. The number of rotatable bonds is 2. The van der Waals surface area contributed by atoms with Crippen LogP contribution in [0.5, 0.6) is 0 Å². The summed E-state index contributed by atoms with van der Waals surface area (Å²) < 4.78 is 5.35. The third-order valence-electron chi connectivity index (χ3n) is 3.82. The molecular weight excluding hydrogens is 274 g/mol. The molecule has 0 radical (unpaired) electrons. The number of carboxylic acid groups (broad SMARTS) is 1. The highest BCUT2D eigenvalue weighted by atomic mass is 16.6. The number of nitrogens with zero attached hydrogens (tertiary/aromatic N) is 1. The molecule has 118 valence electrons. The van der Waals surface area contributed by atoms with Crippen molar-refractivity contribution < 1.29 is 19.4 Å². The van der Waals surface area contributed by atoms with Crippen LogP contribution >= 0.6 is 0 Å². The van der Waals surface area contributed by atoms with Crippen LogP contribution in [0.15, 0.2) is 11.3 Å². The molecule has 21 heavy (non-hydrogen) atoms. The van der Waals surface area contributed by atoms with Gasteiger partial charge in [-0.05, 0) is 32.8 Å². The van der Waals surface area contributed by atoms with Gasteiger partial charge in [-0.15, -0.1) is 0 Å². The van der Waals surface area contributed by atoms with Gasteiger partial charge in [0.25, 0.3) is 0 Å². The van der Waals surface area contributed by atoms with Gasteiger partial charge in [0.2, 0.25) is 0 Å². The number of amides is 1. The zero-order chi connectivity index (χ0) is 15.8. The largest absolute Gasteiger partial charge is 0.548 e. The first-order chi connectivity index (χ1) is 9.69. The highest BCUT2D eigenvalue weighted by Crippen LogP contribution is 2.32. The summed E-state index contributed by atoms with van der Waals surface area (Å²) >= 11 is 0. The first-order valence-electron chi connectivity index (χ1n) is 7.14. The molecule has 2 N–H and O–H groups in total. The van der Waals surface area contributed by atoms with Crippen molar-refractivity contribution in [1.29, 1.82) is 0 Å². The van der Waals surface area contributed by atoms with Gasteiger partial charge in [0, 0.05) is 25.2 Å². The molecule has 1 amide bonds. The fourth-order valence-corrected chi connectivity index (χ4v) is 2.65. The molecule has 2 heterocycles. The van der Waals surface area contributed by atoms with Crippen LogP contribution in [0.2, 0.25) is 0 Å². The Balaban J connectivity index is 2.19. The molecule has 0 aromatic carbocycles. The molecule has 1 unspecified atom stereocenters. The molecule has 0 aromatic rings. The van der Waals surface area contributed by atoms with Crippen molar-refractivity contribution in [3.63, 3.8) is 0 Å². The van der Waals surface area contributed by atoms with Crippen molar-refractivity contribution in [1.82, 2.24) is 15.8 Å². The lowest BCUT2D eigenvalue weighted by Gasteiger charge is -2.36. The van der Waals surface area contributed by atoms with E-state index in [9.17, 15) is 14.7 Å². The summed E-state index contributed by atoms with van der Waals surface area (Å²) in [4.78, 5) is 25.2. The van der Waals surface area contributed by atoms with Crippen molar-refractivity contribution in [2.75, 3.05) is 13.1 Å². The highest BCUT2D eigenvalue weighted by Gasteiger charge is 2.44. The first-order valence-corrected chi connectivity index (χ1v) is 7.14. The van der Waals surface area contributed by atoms with E-state index in [1.165, 1.54) is 4.90 Å². The molecule has 0 fully saturated rings. The van der Waals surface area contributed by atoms with E-state index in [-0.39, 0.29) is 6.54 Å². The molecule has 0 saturated carbocycles. The molecule has 2 rings (SSSR count). The summed E-state index contributed by atoms with van der Waals surface area (Å²) in [7, 11) is 0. The summed E-state index contributed by atoms with van der Waals surface area (Å²) in [6, 6.07) is 0. The Labute approximate surface area is 124 Å². The quantitative estimate of drug-likeness (QED) is 0.738. The van der Waals surface area contributed by atoms with Gasteiger partial charge in [0.05, 0.1) is 5.97 Å². The predicted octanol–water partition coefficient (Wildman–Crippen LogP) is -0.112. The number of hydrogen-bond donors (Lipinski definition) is 2. The van der Waals surface area contributed by atoms with E-state index in [1.807, 2.05) is 0 Å². The van der Waals surface area contributed by atoms with Crippen molar-refractivity contribution >= 4 is 12.1 Å². The lowest BCUT2D eigenvalue weighted by atomic mass is 9.85. The number of carbonyl (C=O) groups excluding carboxylic acids is 2. The average molecular weight is 296 g/mol. The summed E-state index contributed by atoms with van der Waals surface area (Å²) in [6.45, 7) is 7.90. The smallest absolute Gasteiger partial charge is 0.410 e. The van der Waals surface area contributed by atoms with Gasteiger partial charge < -0.3 is 25.0 Å². The van der Waals surface area contributed by atoms with Crippen LogP contribution in [0.25, 0.3) is 0 Å². The predicted molar refractivity (Wildman–Crippen MR) is 73.8 cm³/mol. The lowest BCUT2D eigenvalue weighted by Crippen LogP contribution is -2.59. The van der Waals surface area contributed by atoms with Crippen molar-refractivity contribution in [2.45, 2.75) is 51.7 Å². The van der Waals surface area contributed by atoms with E-state index in [0.717, 1.165) is 5.70 Å². The van der Waals surface area contributed by atoms with E-state index in [2.05, 4.69) is 10.9 Å². The summed E-state index contributed by atoms with van der Waals surface area (Å²) in [5.41, 5.74) is 5.38. The fraction of sp³-hybridized carbons (Fsp3) is 0.714. The SMILES string of the molecule is CCC1(C(=O)[O-])NNC2=C1CN(C(=O)OC(C)(C)C)CC2. The molecule has 7 nitrogen and oxygen atoms in total. The van der Waals surface area contributed by atoms with Gasteiger partial charge in [-0.1, -0.05) is 6.92 Å². The minimum atomic E-state index is -1.25. The van der Waals surface area contributed by atoms with Gasteiger partial charge in [0.15, 0.2) is 0 Å². The average Bonchev–Trinajstić information content (AvgIpc) is 2.75. The van der Waals surface area contributed by atoms with Gasteiger partial charge in [0.1, 0.15) is 11.1 Å². The molecule has 0 aliphatic carbocycles. The number of carboxylic acids is 1. The van der Waals surface area contributed by atoms with E-state index in [4.69, 9.17) is 4.74 Å². The highest BCUT2D eigenvalue weighted by molar-refractivity contribution is 5.83. The third-order valence-corrected chi connectivity index (χ3v) is 3.82. The van der Waals surface area contributed by atoms with E-state index in [0.29, 0.717) is 25.0 Å². The molecule has 2 aliphatic heterocycles. The minimum Gasteiger partial charge on any atom is -0.548 e. The van der Waals surface area contributed by atoms with Gasteiger partial charge in [-0.3, -0.25) is 0 Å². The number of hydrazine groups is 1. The van der Waals surface area contributed by atoms with Crippen LogP contribution in [0, 0.1) is 0 Å². The number of hydrogen-bond acceptors (Lipinski definition) is 6. The first kappa shape index (κ1) is 15.6. The molecule has 7 heteroatoms. The Kier molecular flexibility index (Phi) is 3.88. The standard InChI is InChI=1S/C14H23N3O4/c1-5-14(11(18)19)9-8-17(7-6-10(9)15-16-14)12(20)21-13(2,3)4/h15-16H,5-8H2,1-4H3,(H,18,19)/p-1. The molecule has 0 aromatic heterocycles. The second-order valence-corrected chi connectivity index (χ2v) is 6.41. The van der Waals surface area contributed by atoms with E-state index >= 15 is 0 Å². The zero-order valence-corrected chi connectivity index (χ0v) is 12.9. The number of carbonyl (C=O) groups is 2. The van der Waals surface area contributed by atoms with Crippen molar-refractivity contribution in [2.24, 2.45) is 0 Å². The number of aliphatic carboxylic acids is 1. The molecular formula is C14H22N3O4-. The Morgan fingerprint density at radius 1 is 1.43 bits per heavy atom. The molecule has 0 spiro atoms. The summed E-state index contributed by atoms with van der Waals surface area (Å²) in [5, 5.41) is 11.5. The Hall–Kier alpha value is -1.76. The second kappa shape index (κ2) is 5.22. The number of ether oxygens (including phenoxy) is 1. The molecule has 0 saturated heterocycles. The Morgan fingerprint density at radius 2 is 2.10 bits per heavy atom. The summed E-state index contributed by atoms with van der Waals surface area (Å²) in [6.07, 6.45) is 0.476. The third kappa shape index (κ3) is 2.83. The fourth-order valence-electron chi connectivity index (χ4n) is 2.65. The Bertz CT molecular complexity index is 495. The maximum atomic E-state index is 12.1.